The number of aldehydes is 1. The van der Waals surface area contributed by atoms with Crippen LogP contribution < -0.4 is 16.0 Å². The van der Waals surface area contributed by atoms with Crippen LogP contribution in [0.1, 0.15) is 23.5 Å². The summed E-state index contributed by atoms with van der Waals surface area (Å²) in [4.78, 5) is 53.8. The van der Waals surface area contributed by atoms with Gasteiger partial charge in [-0.2, -0.15) is 0 Å². The predicted molar refractivity (Wildman–Crippen MR) is 92.2 cm³/mol. The van der Waals surface area contributed by atoms with E-state index in [1.165, 1.54) is 0 Å². The number of hydrogen-bond acceptors (Lipinski definition) is 5. The highest BCUT2D eigenvalue weighted by Crippen LogP contribution is 2.15. The summed E-state index contributed by atoms with van der Waals surface area (Å²) in [6.45, 7) is 0.285. The third-order valence-corrected chi connectivity index (χ3v) is 4.23. The van der Waals surface area contributed by atoms with Gasteiger partial charge in [-0.3, -0.25) is 14.4 Å². The zero-order valence-electron chi connectivity index (χ0n) is 14.0. The lowest BCUT2D eigenvalue weighted by Crippen LogP contribution is -2.44. The molecule has 2 atom stereocenters. The molecule has 2 aromatic rings. The topological polar surface area (TPSA) is 133 Å². The van der Waals surface area contributed by atoms with E-state index in [2.05, 4.69) is 25.9 Å². The smallest absolute Gasteiger partial charge is 0.287 e. The van der Waals surface area contributed by atoms with Crippen molar-refractivity contribution in [2.24, 2.45) is 5.92 Å². The quantitative estimate of drug-likeness (QED) is 0.496. The van der Waals surface area contributed by atoms with Gasteiger partial charge in [0.1, 0.15) is 6.29 Å². The molecule has 4 N–H and O–H groups in total. The summed E-state index contributed by atoms with van der Waals surface area (Å²) in [5.74, 6) is -1.31. The van der Waals surface area contributed by atoms with Crippen molar-refractivity contribution in [1.82, 2.24) is 25.9 Å². The molecule has 2 unspecified atom stereocenters. The Morgan fingerprint density at radius 3 is 2.85 bits per heavy atom. The molecule has 3 amide bonds. The zero-order chi connectivity index (χ0) is 18.5. The van der Waals surface area contributed by atoms with E-state index in [9.17, 15) is 19.2 Å². The molecule has 0 aliphatic carbocycles. The minimum Gasteiger partial charge on any atom is -0.356 e. The summed E-state index contributed by atoms with van der Waals surface area (Å²) in [7, 11) is 0. The maximum absolute atomic E-state index is 12.1. The van der Waals surface area contributed by atoms with Crippen LogP contribution in [0.15, 0.2) is 24.3 Å². The second kappa shape index (κ2) is 7.77. The molecule has 0 spiro atoms. The fourth-order valence-corrected chi connectivity index (χ4v) is 2.89. The van der Waals surface area contributed by atoms with E-state index in [4.69, 9.17) is 0 Å². The summed E-state index contributed by atoms with van der Waals surface area (Å²) < 4.78 is 0. The SMILES string of the molecule is O=CC(CC1CCNC1=O)NC(=O)CNC(=O)c1nc2ccccc2[nH]1. The van der Waals surface area contributed by atoms with Crippen molar-refractivity contribution in [2.75, 3.05) is 13.1 Å². The number of amides is 3. The van der Waals surface area contributed by atoms with Crippen LogP contribution in [0, 0.1) is 5.92 Å². The van der Waals surface area contributed by atoms with Crippen LogP contribution in [0.4, 0.5) is 0 Å². The first kappa shape index (κ1) is 17.6. The molecular formula is C17H19N5O4. The number of rotatable bonds is 7. The Labute approximate surface area is 148 Å². The van der Waals surface area contributed by atoms with Gasteiger partial charge in [-0.05, 0) is 25.0 Å². The minimum absolute atomic E-state index is 0.105. The molecule has 9 nitrogen and oxygen atoms in total. The zero-order valence-corrected chi connectivity index (χ0v) is 14.0. The van der Waals surface area contributed by atoms with Gasteiger partial charge >= 0.3 is 0 Å². The molecular weight excluding hydrogens is 338 g/mol. The molecule has 3 rings (SSSR count). The van der Waals surface area contributed by atoms with Gasteiger partial charge in [-0.15, -0.1) is 0 Å². The van der Waals surface area contributed by atoms with Gasteiger partial charge in [0.2, 0.25) is 11.8 Å². The minimum atomic E-state index is -0.764. The predicted octanol–water partition coefficient (Wildman–Crippen LogP) is -0.497. The van der Waals surface area contributed by atoms with Crippen LogP contribution >= 0.6 is 0 Å². The highest BCUT2D eigenvalue weighted by atomic mass is 16.2. The molecule has 2 heterocycles. The fraction of sp³-hybridized carbons (Fsp3) is 0.353. The summed E-state index contributed by atoms with van der Waals surface area (Å²) in [5.41, 5.74) is 1.37. The Kier molecular flexibility index (Phi) is 5.26. The maximum Gasteiger partial charge on any atom is 0.287 e. The molecule has 1 aliphatic rings. The number of H-pyrrole nitrogens is 1. The van der Waals surface area contributed by atoms with E-state index in [-0.39, 0.29) is 30.6 Å². The van der Waals surface area contributed by atoms with Crippen molar-refractivity contribution in [2.45, 2.75) is 18.9 Å². The molecule has 0 bridgehead atoms. The first-order valence-corrected chi connectivity index (χ1v) is 8.32. The van der Waals surface area contributed by atoms with Crippen LogP contribution in [-0.4, -0.2) is 53.1 Å². The van der Waals surface area contributed by atoms with Gasteiger partial charge in [0, 0.05) is 12.5 Å². The number of aromatic nitrogens is 2. The van der Waals surface area contributed by atoms with Crippen molar-refractivity contribution >= 4 is 35.0 Å². The van der Waals surface area contributed by atoms with Gasteiger partial charge in [-0.25, -0.2) is 4.98 Å². The Morgan fingerprint density at radius 2 is 2.15 bits per heavy atom. The van der Waals surface area contributed by atoms with Crippen LogP contribution in [0.25, 0.3) is 11.0 Å². The number of nitrogens with zero attached hydrogens (tertiary/aromatic N) is 1. The van der Waals surface area contributed by atoms with Crippen LogP contribution in [0.3, 0.4) is 0 Å². The summed E-state index contributed by atoms with van der Waals surface area (Å²) in [6, 6.07) is 6.42. The van der Waals surface area contributed by atoms with Gasteiger partial charge in [-0.1, -0.05) is 12.1 Å². The lowest BCUT2D eigenvalue weighted by atomic mass is 9.99. The van der Waals surface area contributed by atoms with Crippen LogP contribution in [0.2, 0.25) is 0 Å². The molecule has 1 aromatic carbocycles. The molecule has 1 fully saturated rings. The Balaban J connectivity index is 1.50. The van der Waals surface area contributed by atoms with E-state index >= 15 is 0 Å². The maximum atomic E-state index is 12.1. The molecule has 0 saturated carbocycles. The summed E-state index contributed by atoms with van der Waals surface area (Å²) in [6.07, 6.45) is 1.49. The van der Waals surface area contributed by atoms with E-state index in [0.29, 0.717) is 24.8 Å². The van der Waals surface area contributed by atoms with Crippen molar-refractivity contribution in [3.63, 3.8) is 0 Å². The molecule has 136 valence electrons. The van der Waals surface area contributed by atoms with Crippen molar-refractivity contribution in [1.29, 1.82) is 0 Å². The largest absolute Gasteiger partial charge is 0.356 e. The summed E-state index contributed by atoms with van der Waals surface area (Å²) >= 11 is 0. The number of para-hydroxylation sites is 2. The number of carbonyl (C=O) groups is 4. The van der Waals surface area contributed by atoms with Crippen molar-refractivity contribution < 1.29 is 19.2 Å². The van der Waals surface area contributed by atoms with E-state index < -0.39 is 17.9 Å². The van der Waals surface area contributed by atoms with Crippen molar-refractivity contribution in [3.05, 3.63) is 30.1 Å². The second-order valence-electron chi connectivity index (χ2n) is 6.11. The molecule has 26 heavy (non-hydrogen) atoms. The number of fused-ring (bicyclic) bond motifs is 1. The molecule has 1 aliphatic heterocycles. The molecule has 1 saturated heterocycles. The van der Waals surface area contributed by atoms with Gasteiger partial charge < -0.3 is 25.7 Å². The van der Waals surface area contributed by atoms with E-state index in [0.717, 1.165) is 5.52 Å². The molecule has 1 aromatic heterocycles. The lowest BCUT2D eigenvalue weighted by molar-refractivity contribution is -0.125. The van der Waals surface area contributed by atoms with Crippen LogP contribution in [0.5, 0.6) is 0 Å². The number of aromatic amines is 1. The summed E-state index contributed by atoms with van der Waals surface area (Å²) in [5, 5.41) is 7.65. The van der Waals surface area contributed by atoms with E-state index in [1.54, 1.807) is 12.1 Å². The second-order valence-corrected chi connectivity index (χ2v) is 6.11. The molecule has 0 radical (unpaired) electrons. The average Bonchev–Trinajstić information content (AvgIpc) is 3.25. The number of imidazole rings is 1. The van der Waals surface area contributed by atoms with Gasteiger partial charge in [0.15, 0.2) is 5.82 Å². The monoisotopic (exact) mass is 357 g/mol. The highest BCUT2D eigenvalue weighted by Gasteiger charge is 2.27. The average molecular weight is 357 g/mol. The van der Waals surface area contributed by atoms with Crippen LogP contribution in [-0.2, 0) is 14.4 Å². The third-order valence-electron chi connectivity index (χ3n) is 4.23. The Hall–Kier alpha value is -3.23. The number of benzene rings is 1. The number of nitrogens with one attached hydrogen (secondary N) is 4. The standard InChI is InChI=1S/C17H19N5O4/c23-9-11(7-10-5-6-18-16(10)25)20-14(24)8-19-17(26)15-21-12-3-1-2-4-13(12)22-15/h1-4,9-11H,5-8H2,(H,18,25)(H,19,26)(H,20,24)(H,21,22). The van der Waals surface area contributed by atoms with Crippen molar-refractivity contribution in [3.8, 4) is 0 Å². The molecule has 9 heteroatoms. The highest BCUT2D eigenvalue weighted by molar-refractivity contribution is 5.96. The fourth-order valence-electron chi connectivity index (χ4n) is 2.89. The normalized spacial score (nSPS) is 17.5. The van der Waals surface area contributed by atoms with Gasteiger partial charge in [0.25, 0.3) is 5.91 Å². The first-order valence-electron chi connectivity index (χ1n) is 8.32. The third kappa shape index (κ3) is 4.05. The Bertz CT molecular complexity index is 814. The number of hydrogen-bond donors (Lipinski definition) is 4. The van der Waals surface area contributed by atoms with E-state index in [1.807, 2.05) is 12.1 Å². The number of carbonyl (C=O) groups excluding carboxylic acids is 4. The lowest BCUT2D eigenvalue weighted by Gasteiger charge is -2.15. The first-order chi connectivity index (χ1) is 12.6. The van der Waals surface area contributed by atoms with Gasteiger partial charge in [0.05, 0.1) is 23.6 Å². The Morgan fingerprint density at radius 1 is 1.35 bits per heavy atom.